The van der Waals surface area contributed by atoms with E-state index in [4.69, 9.17) is 0 Å². The van der Waals surface area contributed by atoms with Crippen LogP contribution in [0.2, 0.25) is 0 Å². The number of alkyl halides is 2. The lowest BCUT2D eigenvalue weighted by molar-refractivity contribution is 0.113. The Morgan fingerprint density at radius 1 is 1.29 bits per heavy atom. The van der Waals surface area contributed by atoms with Crippen LogP contribution < -0.4 is 0 Å². The molecule has 14 heavy (non-hydrogen) atoms. The molecule has 0 aliphatic carbocycles. The molecule has 0 heterocycles. The second-order valence-electron chi connectivity index (χ2n) is 2.07. The van der Waals surface area contributed by atoms with Crippen molar-refractivity contribution in [3.63, 3.8) is 0 Å². The minimum Gasteiger partial charge on any atom is -0.304 e. The zero-order chi connectivity index (χ0) is 11.2. The molecule has 86 valence electrons. The highest BCUT2D eigenvalue weighted by molar-refractivity contribution is 8.77. The lowest BCUT2D eigenvalue weighted by atomic mass is 10.9. The first-order valence-corrected chi connectivity index (χ1v) is 8.02. The molecule has 0 N–H and O–H groups in total. The molecule has 0 amide bonds. The van der Waals surface area contributed by atoms with E-state index < -0.39 is 12.6 Å². The fraction of sp³-hybridized carbons (Fsp3) is 1.00. The maximum Gasteiger partial charge on any atom is 0.411 e. The first-order chi connectivity index (χ1) is 6.43. The number of rotatable bonds is 7. The van der Waals surface area contributed by atoms with Crippen molar-refractivity contribution in [2.75, 3.05) is 19.5 Å². The molecule has 0 aliphatic heterocycles. The molecular formula is C6H13F2O3PS2. The third kappa shape index (κ3) is 3.70. The molecule has 0 saturated carbocycles. The largest absolute Gasteiger partial charge is 0.411 e. The number of hydrogen-bond acceptors (Lipinski definition) is 5. The van der Waals surface area contributed by atoms with E-state index in [9.17, 15) is 13.3 Å². The number of hydrogen-bond donors (Lipinski definition) is 0. The monoisotopic (exact) mass is 266 g/mol. The Morgan fingerprint density at radius 3 is 2.00 bits per heavy atom. The molecule has 0 spiro atoms. The van der Waals surface area contributed by atoms with Crippen molar-refractivity contribution in [3.05, 3.63) is 0 Å². The maximum atomic E-state index is 13.3. The fourth-order valence-electron chi connectivity index (χ4n) is 0.673. The van der Waals surface area contributed by atoms with Crippen LogP contribution in [0, 0.1) is 0 Å². The highest BCUT2D eigenvalue weighted by Crippen LogP contribution is 2.68. The number of halogens is 2. The quantitative estimate of drug-likeness (QED) is 0.517. The average Bonchev–Trinajstić information content (AvgIpc) is 2.04. The van der Waals surface area contributed by atoms with Gasteiger partial charge in [-0.25, -0.2) is 0 Å². The second kappa shape index (κ2) is 6.33. The Balaban J connectivity index is 4.69. The molecule has 0 aromatic carbocycles. The van der Waals surface area contributed by atoms with Crippen molar-refractivity contribution in [2.24, 2.45) is 0 Å². The molecule has 0 radical (unpaired) electrons. The van der Waals surface area contributed by atoms with Crippen LogP contribution in [0.5, 0.6) is 0 Å². The summed E-state index contributed by atoms with van der Waals surface area (Å²) < 4.78 is 47.2. The van der Waals surface area contributed by atoms with Crippen molar-refractivity contribution >= 4 is 29.2 Å². The Kier molecular flexibility index (Phi) is 6.65. The van der Waals surface area contributed by atoms with Crippen molar-refractivity contribution in [2.45, 2.75) is 18.8 Å². The Hall–Kier alpha value is 0.710. The zero-order valence-corrected chi connectivity index (χ0v) is 10.7. The molecule has 0 unspecified atom stereocenters. The van der Waals surface area contributed by atoms with Crippen LogP contribution in [0.1, 0.15) is 13.8 Å². The molecule has 0 aliphatic rings. The van der Waals surface area contributed by atoms with Gasteiger partial charge in [-0.2, -0.15) is 8.78 Å². The smallest absolute Gasteiger partial charge is 0.304 e. The van der Waals surface area contributed by atoms with Gasteiger partial charge in [0, 0.05) is 0 Å². The van der Waals surface area contributed by atoms with Crippen LogP contribution in [0.4, 0.5) is 8.78 Å². The van der Waals surface area contributed by atoms with E-state index in [2.05, 4.69) is 9.05 Å². The third-order valence-electron chi connectivity index (χ3n) is 1.10. The molecule has 0 fully saturated rings. The molecule has 0 aromatic heterocycles. The Morgan fingerprint density at radius 2 is 1.71 bits per heavy atom. The molecule has 0 aromatic rings. The summed E-state index contributed by atoms with van der Waals surface area (Å²) in [6.45, 7) is 2.85. The van der Waals surface area contributed by atoms with E-state index in [0.29, 0.717) is 0 Å². The maximum absolute atomic E-state index is 13.3. The second-order valence-corrected chi connectivity index (χ2v) is 6.96. The molecule has 0 saturated heterocycles. The summed E-state index contributed by atoms with van der Waals surface area (Å²) in [5, 5.41) is 0. The fourth-order valence-corrected chi connectivity index (χ4v) is 4.70. The van der Waals surface area contributed by atoms with Crippen LogP contribution in [0.15, 0.2) is 0 Å². The zero-order valence-electron chi connectivity index (χ0n) is 8.16. The SMILES string of the molecule is CCOP(=O)(OCC)C(F)(F)SSC. The van der Waals surface area contributed by atoms with Crippen LogP contribution in [-0.2, 0) is 13.6 Å². The summed E-state index contributed by atoms with van der Waals surface area (Å²) in [6.07, 6.45) is 1.47. The van der Waals surface area contributed by atoms with Gasteiger partial charge in [0.25, 0.3) is 0 Å². The van der Waals surface area contributed by atoms with E-state index in [0.717, 1.165) is 10.8 Å². The first-order valence-electron chi connectivity index (χ1n) is 3.92. The van der Waals surface area contributed by atoms with E-state index in [1.54, 1.807) is 0 Å². The summed E-state index contributed by atoms with van der Waals surface area (Å²) in [4.78, 5) is -3.50. The van der Waals surface area contributed by atoms with E-state index in [1.807, 2.05) is 0 Å². The van der Waals surface area contributed by atoms with Gasteiger partial charge in [0.05, 0.1) is 13.2 Å². The van der Waals surface area contributed by atoms with Gasteiger partial charge in [-0.15, -0.1) is 0 Å². The summed E-state index contributed by atoms with van der Waals surface area (Å²) in [7, 11) is -3.32. The summed E-state index contributed by atoms with van der Waals surface area (Å²) >= 11 is 0. The lowest BCUT2D eigenvalue weighted by Crippen LogP contribution is -2.15. The predicted octanol–water partition coefficient (Wildman–Crippen LogP) is 3.81. The van der Waals surface area contributed by atoms with E-state index in [1.165, 1.54) is 20.1 Å². The standard InChI is InChI=1S/C6H13F2O3PS2/c1-4-10-12(9,11-5-2)6(7,8)14-13-3/h4-5H2,1-3H3. The summed E-state index contributed by atoms with van der Waals surface area (Å²) in [6, 6.07) is 0. The van der Waals surface area contributed by atoms with Gasteiger partial charge < -0.3 is 9.05 Å². The van der Waals surface area contributed by atoms with Gasteiger partial charge in [0.2, 0.25) is 0 Å². The highest BCUT2D eigenvalue weighted by atomic mass is 33.1. The molecule has 0 bridgehead atoms. The van der Waals surface area contributed by atoms with Crippen molar-refractivity contribution in [3.8, 4) is 0 Å². The molecule has 0 rings (SSSR count). The Labute approximate surface area is 90.2 Å². The van der Waals surface area contributed by atoms with Crippen molar-refractivity contribution in [1.29, 1.82) is 0 Å². The topological polar surface area (TPSA) is 35.5 Å². The van der Waals surface area contributed by atoms with Crippen LogP contribution in [-0.4, -0.2) is 24.5 Å². The molecule has 0 atom stereocenters. The van der Waals surface area contributed by atoms with E-state index in [-0.39, 0.29) is 24.0 Å². The van der Waals surface area contributed by atoms with Crippen molar-refractivity contribution < 1.29 is 22.4 Å². The van der Waals surface area contributed by atoms with Gasteiger partial charge in [-0.05, 0) is 30.9 Å². The lowest BCUT2D eigenvalue weighted by Gasteiger charge is -2.23. The average molecular weight is 266 g/mol. The van der Waals surface area contributed by atoms with Gasteiger partial charge in [-0.1, -0.05) is 10.8 Å². The molecule has 8 heteroatoms. The van der Waals surface area contributed by atoms with Crippen LogP contribution >= 0.6 is 29.2 Å². The minimum atomic E-state index is -4.33. The molecular weight excluding hydrogens is 253 g/mol. The van der Waals surface area contributed by atoms with Gasteiger partial charge in [0.15, 0.2) is 0 Å². The predicted molar refractivity (Wildman–Crippen MR) is 56.9 cm³/mol. The minimum absolute atomic E-state index is 0.0677. The summed E-state index contributed by atoms with van der Waals surface area (Å²) in [5.41, 5.74) is 0. The normalized spacial score (nSPS) is 13.2. The van der Waals surface area contributed by atoms with Gasteiger partial charge in [-0.3, -0.25) is 4.57 Å². The van der Waals surface area contributed by atoms with E-state index >= 15 is 0 Å². The third-order valence-corrected chi connectivity index (χ3v) is 5.74. The Bertz CT molecular complexity index is 205. The van der Waals surface area contributed by atoms with Crippen LogP contribution in [0.3, 0.4) is 0 Å². The first kappa shape index (κ1) is 14.7. The van der Waals surface area contributed by atoms with Gasteiger partial charge >= 0.3 is 12.6 Å². The molecule has 3 nitrogen and oxygen atoms in total. The highest BCUT2D eigenvalue weighted by Gasteiger charge is 2.54. The van der Waals surface area contributed by atoms with Gasteiger partial charge in [0.1, 0.15) is 0 Å². The summed E-state index contributed by atoms with van der Waals surface area (Å²) in [5.74, 6) is 0. The van der Waals surface area contributed by atoms with Crippen molar-refractivity contribution in [1.82, 2.24) is 0 Å². The van der Waals surface area contributed by atoms with Crippen LogP contribution in [0.25, 0.3) is 0 Å².